The fraction of sp³-hybridized carbons (Fsp3) is 1.00. The minimum absolute atomic E-state index is 0.125. The third-order valence-corrected chi connectivity index (χ3v) is 1.19. The van der Waals surface area contributed by atoms with Gasteiger partial charge in [-0.05, 0) is 13.8 Å². The minimum Gasteiger partial charge on any atom is -0.392 e. The van der Waals surface area contributed by atoms with E-state index in [-0.39, 0.29) is 12.1 Å². The molecule has 0 heterocycles. The Kier molecular flexibility index (Phi) is 3.77. The summed E-state index contributed by atoms with van der Waals surface area (Å²) >= 11 is 0. The Labute approximate surface area is 56.6 Å². The van der Waals surface area contributed by atoms with E-state index in [9.17, 15) is 0 Å². The molecule has 0 aromatic rings. The van der Waals surface area contributed by atoms with Gasteiger partial charge in [-0.3, -0.25) is 10.4 Å². The predicted molar refractivity (Wildman–Crippen MR) is 38.0 cm³/mol. The van der Waals surface area contributed by atoms with E-state index in [0.717, 1.165) is 0 Å². The van der Waals surface area contributed by atoms with Crippen molar-refractivity contribution in [3.63, 3.8) is 0 Å². The van der Waals surface area contributed by atoms with Gasteiger partial charge in [0.2, 0.25) is 0 Å². The molecule has 0 fully saturated rings. The topological polar surface area (TPSA) is 35.5 Å². The molecule has 0 aromatic carbocycles. The van der Waals surface area contributed by atoms with Crippen molar-refractivity contribution in [3.8, 4) is 0 Å². The van der Waals surface area contributed by atoms with Crippen molar-refractivity contribution >= 4 is 0 Å². The molecule has 0 rings (SSSR count). The SMILES string of the molecule is CC(O)C(C)NN(C)C. The molecule has 0 radical (unpaired) electrons. The number of aliphatic hydroxyl groups excluding tert-OH is 1. The maximum atomic E-state index is 8.98. The average molecular weight is 132 g/mol. The molecule has 0 saturated carbocycles. The maximum absolute atomic E-state index is 8.98. The standard InChI is InChI=1S/C6H16N2O/c1-5(6(2)9)7-8(3)4/h5-7,9H,1-4H3. The maximum Gasteiger partial charge on any atom is 0.0676 e. The third kappa shape index (κ3) is 4.39. The van der Waals surface area contributed by atoms with Gasteiger partial charge in [-0.2, -0.15) is 0 Å². The second kappa shape index (κ2) is 3.82. The Bertz CT molecular complexity index is 73.5. The van der Waals surface area contributed by atoms with E-state index in [4.69, 9.17) is 5.11 Å². The van der Waals surface area contributed by atoms with Gasteiger partial charge in [0.15, 0.2) is 0 Å². The Morgan fingerprint density at radius 3 is 1.89 bits per heavy atom. The lowest BCUT2D eigenvalue weighted by Gasteiger charge is -2.21. The van der Waals surface area contributed by atoms with E-state index in [2.05, 4.69) is 5.43 Å². The first-order chi connectivity index (χ1) is 4.04. The van der Waals surface area contributed by atoms with Crippen LogP contribution in [-0.4, -0.2) is 36.4 Å². The summed E-state index contributed by atoms with van der Waals surface area (Å²) in [6, 6.07) is 0.125. The lowest BCUT2D eigenvalue weighted by atomic mass is 10.2. The Morgan fingerprint density at radius 1 is 1.33 bits per heavy atom. The first-order valence-electron chi connectivity index (χ1n) is 3.15. The van der Waals surface area contributed by atoms with Crippen molar-refractivity contribution in [1.29, 1.82) is 0 Å². The highest BCUT2D eigenvalue weighted by molar-refractivity contribution is 4.62. The zero-order valence-electron chi connectivity index (χ0n) is 6.55. The lowest BCUT2D eigenvalue weighted by molar-refractivity contribution is 0.110. The van der Waals surface area contributed by atoms with Gasteiger partial charge in [0.1, 0.15) is 0 Å². The number of nitrogens with one attached hydrogen (secondary N) is 1. The van der Waals surface area contributed by atoms with Crippen LogP contribution in [0.15, 0.2) is 0 Å². The molecule has 0 aliphatic rings. The monoisotopic (exact) mass is 132 g/mol. The first kappa shape index (κ1) is 8.88. The van der Waals surface area contributed by atoms with Crippen LogP contribution >= 0.6 is 0 Å². The smallest absolute Gasteiger partial charge is 0.0676 e. The quantitative estimate of drug-likeness (QED) is 0.523. The zero-order valence-corrected chi connectivity index (χ0v) is 6.55. The second-order valence-electron chi connectivity index (χ2n) is 2.55. The molecule has 56 valence electrons. The van der Waals surface area contributed by atoms with Gasteiger partial charge in [-0.25, -0.2) is 0 Å². The summed E-state index contributed by atoms with van der Waals surface area (Å²) in [5.74, 6) is 0. The normalized spacial score (nSPS) is 18.0. The molecular formula is C6H16N2O. The van der Waals surface area contributed by atoms with Crippen LogP contribution in [0.4, 0.5) is 0 Å². The molecule has 0 saturated heterocycles. The van der Waals surface area contributed by atoms with E-state index < -0.39 is 0 Å². The van der Waals surface area contributed by atoms with Crippen molar-refractivity contribution in [2.75, 3.05) is 14.1 Å². The molecule has 0 spiro atoms. The van der Waals surface area contributed by atoms with Crippen LogP contribution < -0.4 is 5.43 Å². The van der Waals surface area contributed by atoms with Crippen molar-refractivity contribution < 1.29 is 5.11 Å². The van der Waals surface area contributed by atoms with Crippen molar-refractivity contribution in [1.82, 2.24) is 10.4 Å². The Hall–Kier alpha value is -0.120. The molecule has 3 nitrogen and oxygen atoms in total. The number of rotatable bonds is 3. The molecular weight excluding hydrogens is 116 g/mol. The van der Waals surface area contributed by atoms with Crippen LogP contribution in [0.2, 0.25) is 0 Å². The van der Waals surface area contributed by atoms with Crippen LogP contribution in [0.25, 0.3) is 0 Å². The van der Waals surface area contributed by atoms with E-state index in [0.29, 0.717) is 0 Å². The van der Waals surface area contributed by atoms with E-state index in [1.165, 1.54) is 0 Å². The molecule has 2 atom stereocenters. The van der Waals surface area contributed by atoms with Crippen molar-refractivity contribution in [2.24, 2.45) is 0 Å². The molecule has 2 unspecified atom stereocenters. The Balaban J connectivity index is 3.38. The number of aliphatic hydroxyl groups is 1. The first-order valence-corrected chi connectivity index (χ1v) is 3.15. The predicted octanol–water partition coefficient (Wildman–Crippen LogP) is -0.178. The summed E-state index contributed by atoms with van der Waals surface area (Å²) in [5.41, 5.74) is 3.03. The van der Waals surface area contributed by atoms with Gasteiger partial charge in [-0.1, -0.05) is 0 Å². The highest BCUT2D eigenvalue weighted by Crippen LogP contribution is 1.89. The minimum atomic E-state index is -0.299. The molecule has 3 heteroatoms. The van der Waals surface area contributed by atoms with Gasteiger partial charge in [-0.15, -0.1) is 0 Å². The lowest BCUT2D eigenvalue weighted by Crippen LogP contribution is -2.43. The van der Waals surface area contributed by atoms with Crippen molar-refractivity contribution in [3.05, 3.63) is 0 Å². The molecule has 0 aromatic heterocycles. The molecule has 0 aliphatic heterocycles. The van der Waals surface area contributed by atoms with E-state index >= 15 is 0 Å². The van der Waals surface area contributed by atoms with Gasteiger partial charge < -0.3 is 5.11 Å². The Morgan fingerprint density at radius 2 is 1.78 bits per heavy atom. The number of hydrogen-bond acceptors (Lipinski definition) is 3. The number of hydrogen-bond donors (Lipinski definition) is 2. The van der Waals surface area contributed by atoms with Crippen LogP contribution in [0.1, 0.15) is 13.8 Å². The fourth-order valence-electron chi connectivity index (χ4n) is 0.515. The third-order valence-electron chi connectivity index (χ3n) is 1.19. The second-order valence-corrected chi connectivity index (χ2v) is 2.55. The molecule has 0 bridgehead atoms. The summed E-state index contributed by atoms with van der Waals surface area (Å²) in [5, 5.41) is 10.8. The highest BCUT2D eigenvalue weighted by Gasteiger charge is 2.06. The molecule has 2 N–H and O–H groups in total. The zero-order chi connectivity index (χ0) is 7.44. The summed E-state index contributed by atoms with van der Waals surface area (Å²) in [6.45, 7) is 3.70. The van der Waals surface area contributed by atoms with Crippen LogP contribution in [-0.2, 0) is 0 Å². The van der Waals surface area contributed by atoms with Gasteiger partial charge in [0.05, 0.1) is 6.10 Å². The summed E-state index contributed by atoms with van der Waals surface area (Å²) in [4.78, 5) is 0. The molecule has 9 heavy (non-hydrogen) atoms. The fourth-order valence-corrected chi connectivity index (χ4v) is 0.515. The van der Waals surface area contributed by atoms with Gasteiger partial charge in [0, 0.05) is 20.1 Å². The van der Waals surface area contributed by atoms with Gasteiger partial charge in [0.25, 0.3) is 0 Å². The number of hydrazine groups is 1. The molecule has 0 amide bonds. The summed E-state index contributed by atoms with van der Waals surface area (Å²) in [6.07, 6.45) is -0.299. The van der Waals surface area contributed by atoms with Crippen LogP contribution in [0.5, 0.6) is 0 Å². The van der Waals surface area contributed by atoms with E-state index in [1.54, 1.807) is 6.92 Å². The molecule has 0 aliphatic carbocycles. The van der Waals surface area contributed by atoms with Crippen molar-refractivity contribution in [2.45, 2.75) is 26.0 Å². The van der Waals surface area contributed by atoms with Crippen LogP contribution in [0, 0.1) is 0 Å². The number of nitrogens with zero attached hydrogens (tertiary/aromatic N) is 1. The van der Waals surface area contributed by atoms with Gasteiger partial charge >= 0.3 is 0 Å². The van der Waals surface area contributed by atoms with E-state index in [1.807, 2.05) is 26.0 Å². The summed E-state index contributed by atoms with van der Waals surface area (Å²) < 4.78 is 0. The van der Waals surface area contributed by atoms with Crippen LogP contribution in [0.3, 0.4) is 0 Å². The summed E-state index contributed by atoms with van der Waals surface area (Å²) in [7, 11) is 3.80. The highest BCUT2D eigenvalue weighted by atomic mass is 16.3. The average Bonchev–Trinajstić information content (AvgIpc) is 1.63. The largest absolute Gasteiger partial charge is 0.392 e.